The van der Waals surface area contributed by atoms with Crippen LogP contribution in [0.4, 0.5) is 18.0 Å². The number of imide groups is 1. The Kier molecular flexibility index (Phi) is 5.31. The first-order valence-corrected chi connectivity index (χ1v) is 12.1. The number of thioether (sulfide) groups is 1. The molecule has 32 heavy (non-hydrogen) atoms. The van der Waals surface area contributed by atoms with Crippen LogP contribution in [0.2, 0.25) is 0 Å². The van der Waals surface area contributed by atoms with Gasteiger partial charge in [-0.05, 0) is 19.1 Å². The molecule has 2 aromatic rings. The van der Waals surface area contributed by atoms with E-state index in [9.17, 15) is 36.3 Å². The number of hydrogen-bond donors (Lipinski definition) is 1. The van der Waals surface area contributed by atoms with Crippen LogP contribution >= 0.6 is 11.8 Å². The number of rotatable bonds is 3. The van der Waals surface area contributed by atoms with Crippen LogP contribution in [-0.4, -0.2) is 63.3 Å². The summed E-state index contributed by atoms with van der Waals surface area (Å²) >= 11 is 1.14. The lowest BCUT2D eigenvalue weighted by Crippen LogP contribution is -2.56. The third kappa shape index (κ3) is 3.37. The summed E-state index contributed by atoms with van der Waals surface area (Å²) in [5.74, 6) is -2.12. The third-order valence-electron chi connectivity index (χ3n) is 5.69. The predicted octanol–water partition coefficient (Wildman–Crippen LogP) is 3.17. The van der Waals surface area contributed by atoms with Crippen molar-refractivity contribution < 1.29 is 40.5 Å². The maximum atomic E-state index is 13.1. The molecule has 4 rings (SSSR count). The largest absolute Gasteiger partial charge is 0.534 e. The number of aromatic nitrogens is 3. The standard InChI is InChI=1S/C17H17F3N4O6S2/c1-31-14-21-7-9-11(30-32(28,29)17(18,19)20)10-13(25)23(15(26)27)8-16(5-3-2-4-6-16)24(10)12(9)22-14/h7H,2-6,8H2,1H3,(H,26,27). The normalized spacial score (nSPS) is 18.8. The molecule has 2 aliphatic rings. The number of carboxylic acid groups (broad SMARTS) is 1. The summed E-state index contributed by atoms with van der Waals surface area (Å²) in [6, 6.07) is 0. The topological polar surface area (TPSA) is 132 Å². The van der Waals surface area contributed by atoms with Crippen molar-refractivity contribution >= 4 is 44.9 Å². The number of alkyl halides is 3. The number of amides is 2. The molecule has 1 aliphatic heterocycles. The first kappa shape index (κ1) is 22.6. The molecule has 10 nitrogen and oxygen atoms in total. The average Bonchev–Trinajstić information content (AvgIpc) is 3.04. The van der Waals surface area contributed by atoms with Crippen LogP contribution in [0.15, 0.2) is 11.4 Å². The molecule has 0 bridgehead atoms. The lowest BCUT2D eigenvalue weighted by Gasteiger charge is -2.45. The fourth-order valence-electron chi connectivity index (χ4n) is 4.33. The molecular formula is C17H17F3N4O6S2. The molecule has 0 radical (unpaired) electrons. The van der Waals surface area contributed by atoms with Crippen molar-refractivity contribution in [2.24, 2.45) is 0 Å². The van der Waals surface area contributed by atoms with Gasteiger partial charge in [-0.25, -0.2) is 19.7 Å². The SMILES string of the molecule is CSc1ncc2c(OS(=O)(=O)C(F)(F)F)c3n(c2n1)C1(CCCCC1)CN(C(=O)O)C3=O. The highest BCUT2D eigenvalue weighted by Gasteiger charge is 2.53. The number of carbonyl (C=O) groups excluding carboxylic acids is 1. The Balaban J connectivity index is 2.08. The van der Waals surface area contributed by atoms with E-state index in [1.807, 2.05) is 0 Å². The first-order valence-electron chi connectivity index (χ1n) is 9.43. The van der Waals surface area contributed by atoms with Gasteiger partial charge in [0.05, 0.1) is 17.5 Å². The summed E-state index contributed by atoms with van der Waals surface area (Å²) in [5.41, 5.74) is -7.34. The highest BCUT2D eigenvalue weighted by molar-refractivity contribution is 7.98. The molecule has 1 aliphatic carbocycles. The quantitative estimate of drug-likeness (QED) is 0.296. The Bertz CT molecular complexity index is 1220. The number of halogens is 3. The summed E-state index contributed by atoms with van der Waals surface area (Å²) < 4.78 is 68.7. The van der Waals surface area contributed by atoms with Crippen molar-refractivity contribution in [3.05, 3.63) is 11.9 Å². The molecule has 1 N–H and O–H groups in total. The van der Waals surface area contributed by atoms with Gasteiger partial charge in [0.2, 0.25) is 0 Å². The molecule has 0 atom stereocenters. The van der Waals surface area contributed by atoms with E-state index >= 15 is 0 Å². The van der Waals surface area contributed by atoms with Gasteiger partial charge in [0.25, 0.3) is 5.91 Å². The van der Waals surface area contributed by atoms with E-state index in [4.69, 9.17) is 0 Å². The van der Waals surface area contributed by atoms with Crippen LogP contribution in [0.5, 0.6) is 5.75 Å². The first-order chi connectivity index (χ1) is 14.9. The average molecular weight is 494 g/mol. The lowest BCUT2D eigenvalue weighted by atomic mass is 9.79. The third-order valence-corrected chi connectivity index (χ3v) is 7.21. The summed E-state index contributed by atoms with van der Waals surface area (Å²) in [6.45, 7) is -0.234. The molecule has 1 spiro atoms. The lowest BCUT2D eigenvalue weighted by molar-refractivity contribution is -0.0500. The van der Waals surface area contributed by atoms with Crippen LogP contribution in [0.3, 0.4) is 0 Å². The van der Waals surface area contributed by atoms with E-state index in [1.54, 1.807) is 6.26 Å². The van der Waals surface area contributed by atoms with Gasteiger partial charge in [-0.15, -0.1) is 0 Å². The Labute approximate surface area is 183 Å². The van der Waals surface area contributed by atoms with Gasteiger partial charge in [0.1, 0.15) is 5.65 Å². The van der Waals surface area contributed by atoms with Gasteiger partial charge < -0.3 is 13.9 Å². The highest BCUT2D eigenvalue weighted by Crippen LogP contribution is 2.47. The molecule has 0 saturated heterocycles. The number of nitrogens with zero attached hydrogens (tertiary/aromatic N) is 4. The number of hydrogen-bond acceptors (Lipinski definition) is 8. The Hall–Kier alpha value is -2.55. The second-order valence-corrected chi connectivity index (χ2v) is 9.86. The van der Waals surface area contributed by atoms with E-state index in [2.05, 4.69) is 14.2 Å². The monoisotopic (exact) mass is 494 g/mol. The highest BCUT2D eigenvalue weighted by atomic mass is 32.2. The fourth-order valence-corrected chi connectivity index (χ4v) is 5.15. The molecule has 2 amide bonds. The minimum absolute atomic E-state index is 0.0204. The van der Waals surface area contributed by atoms with E-state index in [0.29, 0.717) is 30.6 Å². The van der Waals surface area contributed by atoms with Crippen molar-refractivity contribution in [3.8, 4) is 5.75 Å². The zero-order valence-corrected chi connectivity index (χ0v) is 18.2. The Morgan fingerprint density at radius 3 is 2.50 bits per heavy atom. The van der Waals surface area contributed by atoms with Crippen LogP contribution in [0, 0.1) is 0 Å². The van der Waals surface area contributed by atoms with Gasteiger partial charge in [-0.1, -0.05) is 31.0 Å². The molecule has 3 heterocycles. The second-order valence-electron chi connectivity index (χ2n) is 7.55. The maximum Gasteiger partial charge on any atom is 0.534 e. The van der Waals surface area contributed by atoms with Gasteiger partial charge in [-0.2, -0.15) is 21.6 Å². The number of carbonyl (C=O) groups is 2. The van der Waals surface area contributed by atoms with Gasteiger partial charge in [0.15, 0.2) is 16.6 Å². The number of fused-ring (bicyclic) bond motifs is 4. The van der Waals surface area contributed by atoms with Crippen molar-refractivity contribution in [3.63, 3.8) is 0 Å². The summed E-state index contributed by atoms with van der Waals surface area (Å²) in [4.78, 5) is 33.6. The van der Waals surface area contributed by atoms with Crippen LogP contribution in [0.1, 0.15) is 42.6 Å². The summed E-state index contributed by atoms with van der Waals surface area (Å²) in [6.07, 6.45) is 4.20. The van der Waals surface area contributed by atoms with Crippen LogP contribution in [-0.2, 0) is 15.7 Å². The van der Waals surface area contributed by atoms with Crippen molar-refractivity contribution in [2.75, 3.05) is 12.8 Å². The van der Waals surface area contributed by atoms with Gasteiger partial charge in [0, 0.05) is 6.20 Å². The van der Waals surface area contributed by atoms with E-state index in [1.165, 1.54) is 4.57 Å². The zero-order valence-electron chi connectivity index (χ0n) is 16.5. The van der Waals surface area contributed by atoms with Crippen LogP contribution < -0.4 is 4.18 Å². The molecule has 1 fully saturated rings. The molecule has 0 aromatic carbocycles. The molecule has 2 aromatic heterocycles. The fraction of sp³-hybridized carbons (Fsp3) is 0.529. The maximum absolute atomic E-state index is 13.1. The summed E-state index contributed by atoms with van der Waals surface area (Å²) in [5, 5.41) is 9.60. The predicted molar refractivity (Wildman–Crippen MR) is 105 cm³/mol. The second kappa shape index (κ2) is 7.50. The molecular weight excluding hydrogens is 477 g/mol. The van der Waals surface area contributed by atoms with E-state index < -0.39 is 44.6 Å². The molecule has 15 heteroatoms. The minimum Gasteiger partial charge on any atom is -0.465 e. The zero-order chi connectivity index (χ0) is 23.5. The van der Waals surface area contributed by atoms with Crippen molar-refractivity contribution in [1.29, 1.82) is 0 Å². The smallest absolute Gasteiger partial charge is 0.465 e. The van der Waals surface area contributed by atoms with Crippen LogP contribution in [0.25, 0.3) is 11.0 Å². The van der Waals surface area contributed by atoms with Crippen molar-refractivity contribution in [2.45, 2.75) is 48.3 Å². The molecule has 174 valence electrons. The molecule has 1 saturated carbocycles. The van der Waals surface area contributed by atoms with Gasteiger partial charge in [-0.3, -0.25) is 4.79 Å². The Morgan fingerprint density at radius 1 is 1.28 bits per heavy atom. The van der Waals surface area contributed by atoms with Gasteiger partial charge >= 0.3 is 21.7 Å². The summed E-state index contributed by atoms with van der Waals surface area (Å²) in [7, 11) is -6.16. The molecule has 0 unspecified atom stereocenters. The van der Waals surface area contributed by atoms with Crippen molar-refractivity contribution in [1.82, 2.24) is 19.4 Å². The minimum atomic E-state index is -6.16. The Morgan fingerprint density at radius 2 is 1.94 bits per heavy atom. The van der Waals surface area contributed by atoms with E-state index in [-0.39, 0.29) is 22.7 Å². The van der Waals surface area contributed by atoms with E-state index in [0.717, 1.165) is 24.4 Å².